The summed E-state index contributed by atoms with van der Waals surface area (Å²) in [4.78, 5) is 0. The van der Waals surface area contributed by atoms with Gasteiger partial charge in [-0.15, -0.1) is 0 Å². The molecular formula is C10H24N2O3S. The molecule has 0 saturated carbocycles. The lowest BCUT2D eigenvalue weighted by molar-refractivity contribution is 0.0911. The van der Waals surface area contributed by atoms with Crippen molar-refractivity contribution >= 4 is 10.0 Å². The molecule has 0 aromatic rings. The van der Waals surface area contributed by atoms with Crippen LogP contribution in [0.25, 0.3) is 0 Å². The largest absolute Gasteiger partial charge is 0.378 e. The highest BCUT2D eigenvalue weighted by Crippen LogP contribution is 1.94. The van der Waals surface area contributed by atoms with E-state index < -0.39 is 10.0 Å². The van der Waals surface area contributed by atoms with Gasteiger partial charge in [0.25, 0.3) is 0 Å². The lowest BCUT2D eigenvalue weighted by atomic mass is 10.2. The Morgan fingerprint density at radius 1 is 1.19 bits per heavy atom. The molecule has 0 bridgehead atoms. The molecule has 0 spiro atoms. The normalized spacial score (nSPS) is 14.3. The summed E-state index contributed by atoms with van der Waals surface area (Å²) in [6.45, 7) is 7.26. The third-order valence-electron chi connectivity index (χ3n) is 2.01. The monoisotopic (exact) mass is 252 g/mol. The van der Waals surface area contributed by atoms with Crippen LogP contribution in [0.15, 0.2) is 0 Å². The fraction of sp³-hybridized carbons (Fsp3) is 1.00. The van der Waals surface area contributed by atoms with E-state index in [1.54, 1.807) is 0 Å². The molecule has 98 valence electrons. The highest BCUT2D eigenvalue weighted by Gasteiger charge is 2.11. The minimum atomic E-state index is -3.19. The maximum Gasteiger partial charge on any atom is 0.213 e. The maximum atomic E-state index is 11.5. The van der Waals surface area contributed by atoms with Crippen molar-refractivity contribution in [3.63, 3.8) is 0 Å². The Morgan fingerprint density at radius 3 is 2.31 bits per heavy atom. The van der Waals surface area contributed by atoms with Crippen molar-refractivity contribution < 1.29 is 13.2 Å². The number of nitrogens with one attached hydrogen (secondary N) is 2. The zero-order chi connectivity index (χ0) is 12.6. The van der Waals surface area contributed by atoms with Crippen LogP contribution in [-0.4, -0.2) is 47.0 Å². The molecule has 0 amide bonds. The summed E-state index contributed by atoms with van der Waals surface area (Å²) in [5.41, 5.74) is 0. The molecular weight excluding hydrogens is 228 g/mol. The molecule has 0 heterocycles. The van der Waals surface area contributed by atoms with E-state index in [4.69, 9.17) is 4.74 Å². The Bertz CT molecular complexity index is 265. The molecule has 0 aliphatic heterocycles. The van der Waals surface area contributed by atoms with Crippen LogP contribution in [0, 0.1) is 5.92 Å². The lowest BCUT2D eigenvalue weighted by Crippen LogP contribution is -2.34. The minimum Gasteiger partial charge on any atom is -0.378 e. The van der Waals surface area contributed by atoms with Crippen LogP contribution < -0.4 is 10.0 Å². The van der Waals surface area contributed by atoms with E-state index >= 15 is 0 Å². The predicted molar refractivity (Wildman–Crippen MR) is 66.0 cm³/mol. The van der Waals surface area contributed by atoms with Gasteiger partial charge in [0.1, 0.15) is 0 Å². The molecule has 0 radical (unpaired) electrons. The van der Waals surface area contributed by atoms with Crippen LogP contribution in [0.4, 0.5) is 0 Å². The van der Waals surface area contributed by atoms with Gasteiger partial charge in [0.15, 0.2) is 0 Å². The molecule has 0 fully saturated rings. The van der Waals surface area contributed by atoms with Crippen LogP contribution >= 0.6 is 0 Å². The highest BCUT2D eigenvalue weighted by atomic mass is 32.2. The second-order valence-electron chi connectivity index (χ2n) is 4.25. The van der Waals surface area contributed by atoms with E-state index in [9.17, 15) is 8.42 Å². The second-order valence-corrected chi connectivity index (χ2v) is 6.18. The van der Waals surface area contributed by atoms with Gasteiger partial charge in [-0.3, -0.25) is 0 Å². The van der Waals surface area contributed by atoms with E-state index in [-0.39, 0.29) is 24.4 Å². The molecule has 0 aliphatic rings. The Hall–Kier alpha value is -0.170. The SMILES string of the molecule is CNCC(C)CNS(=O)(=O)CCOC(C)C. The summed E-state index contributed by atoms with van der Waals surface area (Å²) < 4.78 is 30.8. The maximum absolute atomic E-state index is 11.5. The van der Waals surface area contributed by atoms with Crippen molar-refractivity contribution in [2.45, 2.75) is 26.9 Å². The van der Waals surface area contributed by atoms with Crippen molar-refractivity contribution in [3.05, 3.63) is 0 Å². The van der Waals surface area contributed by atoms with E-state index in [1.165, 1.54) is 0 Å². The lowest BCUT2D eigenvalue weighted by Gasteiger charge is -2.13. The molecule has 1 atom stereocenters. The van der Waals surface area contributed by atoms with Gasteiger partial charge in [-0.05, 0) is 33.4 Å². The van der Waals surface area contributed by atoms with Crippen LogP contribution in [0.3, 0.4) is 0 Å². The van der Waals surface area contributed by atoms with E-state index in [0.29, 0.717) is 6.54 Å². The van der Waals surface area contributed by atoms with Crippen LogP contribution in [-0.2, 0) is 14.8 Å². The Kier molecular flexibility index (Phi) is 7.91. The van der Waals surface area contributed by atoms with E-state index in [2.05, 4.69) is 10.0 Å². The van der Waals surface area contributed by atoms with Gasteiger partial charge in [0, 0.05) is 6.54 Å². The molecule has 1 unspecified atom stereocenters. The average Bonchev–Trinajstić information content (AvgIpc) is 2.14. The molecule has 0 aromatic carbocycles. The molecule has 5 nitrogen and oxygen atoms in total. The Balaban J connectivity index is 3.78. The summed E-state index contributed by atoms with van der Waals surface area (Å²) in [6, 6.07) is 0. The van der Waals surface area contributed by atoms with Gasteiger partial charge in [-0.25, -0.2) is 13.1 Å². The summed E-state index contributed by atoms with van der Waals surface area (Å²) in [5, 5.41) is 3.00. The molecule has 0 aliphatic carbocycles. The zero-order valence-electron chi connectivity index (χ0n) is 10.6. The number of ether oxygens (including phenoxy) is 1. The third kappa shape index (κ3) is 9.08. The summed E-state index contributed by atoms with van der Waals surface area (Å²) in [5.74, 6) is 0.308. The zero-order valence-corrected chi connectivity index (χ0v) is 11.4. The number of hydrogen-bond acceptors (Lipinski definition) is 4. The van der Waals surface area contributed by atoms with Crippen molar-refractivity contribution in [2.24, 2.45) is 5.92 Å². The van der Waals surface area contributed by atoms with Crippen LogP contribution in [0.2, 0.25) is 0 Å². The van der Waals surface area contributed by atoms with Gasteiger partial charge in [0.05, 0.1) is 18.5 Å². The molecule has 2 N–H and O–H groups in total. The Morgan fingerprint density at radius 2 is 1.81 bits per heavy atom. The smallest absolute Gasteiger partial charge is 0.213 e. The average molecular weight is 252 g/mol. The summed E-state index contributed by atoms with van der Waals surface area (Å²) >= 11 is 0. The fourth-order valence-electron chi connectivity index (χ4n) is 1.16. The van der Waals surface area contributed by atoms with E-state index in [1.807, 2.05) is 27.8 Å². The predicted octanol–water partition coefficient (Wildman–Crippen LogP) is 0.186. The molecule has 16 heavy (non-hydrogen) atoms. The highest BCUT2D eigenvalue weighted by molar-refractivity contribution is 7.89. The van der Waals surface area contributed by atoms with Crippen LogP contribution in [0.5, 0.6) is 0 Å². The van der Waals surface area contributed by atoms with Gasteiger partial charge in [-0.2, -0.15) is 0 Å². The molecule has 0 saturated heterocycles. The standard InChI is InChI=1S/C10H24N2O3S/c1-9(2)15-5-6-16(13,14)12-8-10(3)7-11-4/h9-12H,5-8H2,1-4H3. The van der Waals surface area contributed by atoms with Crippen molar-refractivity contribution in [1.82, 2.24) is 10.0 Å². The van der Waals surface area contributed by atoms with Crippen molar-refractivity contribution in [1.29, 1.82) is 0 Å². The topological polar surface area (TPSA) is 67.4 Å². The second kappa shape index (κ2) is 8.00. The first kappa shape index (κ1) is 15.8. The molecule has 0 rings (SSSR count). The quantitative estimate of drug-likeness (QED) is 0.614. The molecule has 6 heteroatoms. The van der Waals surface area contributed by atoms with Crippen molar-refractivity contribution in [3.8, 4) is 0 Å². The molecule has 0 aromatic heterocycles. The van der Waals surface area contributed by atoms with Gasteiger partial charge in [-0.1, -0.05) is 6.92 Å². The van der Waals surface area contributed by atoms with E-state index in [0.717, 1.165) is 6.54 Å². The number of hydrogen-bond donors (Lipinski definition) is 2. The first-order valence-electron chi connectivity index (χ1n) is 5.61. The Labute approximate surface area is 99.0 Å². The summed E-state index contributed by atoms with van der Waals surface area (Å²) in [7, 11) is -1.34. The first-order valence-corrected chi connectivity index (χ1v) is 7.26. The number of sulfonamides is 1. The van der Waals surface area contributed by atoms with Crippen molar-refractivity contribution in [2.75, 3.05) is 32.5 Å². The minimum absolute atomic E-state index is 0.0253. The number of rotatable bonds is 9. The summed E-state index contributed by atoms with van der Waals surface area (Å²) in [6.07, 6.45) is 0.0680. The third-order valence-corrected chi connectivity index (χ3v) is 3.32. The first-order chi connectivity index (χ1) is 7.37. The van der Waals surface area contributed by atoms with Gasteiger partial charge < -0.3 is 10.1 Å². The van der Waals surface area contributed by atoms with Gasteiger partial charge >= 0.3 is 0 Å². The fourth-order valence-corrected chi connectivity index (χ4v) is 2.15. The van der Waals surface area contributed by atoms with Crippen LogP contribution in [0.1, 0.15) is 20.8 Å². The van der Waals surface area contributed by atoms with Gasteiger partial charge in [0.2, 0.25) is 10.0 Å².